The molecule has 0 unspecified atom stereocenters. The quantitative estimate of drug-likeness (QED) is 0.249. The van der Waals surface area contributed by atoms with Gasteiger partial charge < -0.3 is 10.6 Å². The molecule has 0 bridgehead atoms. The topological polar surface area (TPSA) is 125 Å². The minimum atomic E-state index is -0.306. The molecule has 12 heteroatoms. The van der Waals surface area contributed by atoms with Crippen LogP contribution in [0.25, 0.3) is 22.5 Å². The van der Waals surface area contributed by atoms with Crippen molar-refractivity contribution in [1.29, 1.82) is 0 Å². The lowest BCUT2D eigenvalue weighted by Gasteiger charge is -2.12. The fraction of sp³-hybridized carbons (Fsp3) is 0.297. The Hall–Kier alpha value is -5.52. The van der Waals surface area contributed by atoms with E-state index >= 15 is 0 Å². The van der Waals surface area contributed by atoms with Gasteiger partial charge in [-0.1, -0.05) is 19.6 Å². The molecule has 2 aliphatic heterocycles. The van der Waals surface area contributed by atoms with Gasteiger partial charge >= 0.3 is 12.1 Å². The van der Waals surface area contributed by atoms with Crippen LogP contribution in [0.1, 0.15) is 54.4 Å². The van der Waals surface area contributed by atoms with Crippen LogP contribution in [0, 0.1) is 25.5 Å². The van der Waals surface area contributed by atoms with Crippen LogP contribution < -0.4 is 10.6 Å². The summed E-state index contributed by atoms with van der Waals surface area (Å²) in [6, 6.07) is 16.2. The summed E-state index contributed by atoms with van der Waals surface area (Å²) in [5, 5.41) is 5.09. The average molecular weight is 667 g/mol. The summed E-state index contributed by atoms with van der Waals surface area (Å²) in [7, 11) is 0. The highest BCUT2D eigenvalue weighted by Gasteiger charge is 2.50. The lowest BCUT2D eigenvalue weighted by molar-refractivity contribution is -0.126. The van der Waals surface area contributed by atoms with E-state index in [0.29, 0.717) is 0 Å². The lowest BCUT2D eigenvalue weighted by Crippen LogP contribution is -2.33. The predicted octanol–water partition coefficient (Wildman–Crippen LogP) is 5.84. The molecule has 2 saturated heterocycles. The number of nitrogens with zero attached hydrogens (tertiary/aromatic N) is 4. The number of carbonyl (C=O) groups excluding carboxylic acids is 4. The average Bonchev–Trinajstić information content (AvgIpc) is 3.97. The molecule has 4 aliphatic rings. The maximum Gasteiger partial charge on any atom is 0.324 e. The number of hydrogen-bond acceptors (Lipinski definition) is 6. The van der Waals surface area contributed by atoms with E-state index < -0.39 is 0 Å². The number of halogens is 2. The summed E-state index contributed by atoms with van der Waals surface area (Å²) in [6.07, 6.45) is 5.11. The Bertz CT molecular complexity index is 1780. The van der Waals surface area contributed by atoms with Gasteiger partial charge in [0.05, 0.1) is 24.5 Å². The first kappa shape index (κ1) is 33.4. The maximum absolute atomic E-state index is 13.2. The first-order chi connectivity index (χ1) is 23.1. The van der Waals surface area contributed by atoms with E-state index in [0.717, 1.165) is 57.6 Å². The number of nitrogens with one attached hydrogen (secondary N) is 2. The van der Waals surface area contributed by atoms with Gasteiger partial charge in [-0.2, -0.15) is 0 Å². The van der Waals surface area contributed by atoms with E-state index in [1.165, 1.54) is 34.1 Å². The molecule has 4 aromatic rings. The number of hydrogen-bond donors (Lipinski definition) is 2. The Kier molecular flexibility index (Phi) is 8.98. The first-order valence-corrected chi connectivity index (χ1v) is 15.7. The Morgan fingerprint density at radius 2 is 1.04 bits per heavy atom. The highest BCUT2D eigenvalue weighted by Crippen LogP contribution is 2.46. The second kappa shape index (κ2) is 13.2. The van der Waals surface area contributed by atoms with Crippen molar-refractivity contribution < 1.29 is 28.0 Å². The summed E-state index contributed by atoms with van der Waals surface area (Å²) in [4.78, 5) is 58.5. The third kappa shape index (κ3) is 6.63. The third-order valence-electron chi connectivity index (χ3n) is 9.29. The molecule has 49 heavy (non-hydrogen) atoms. The zero-order valence-electron chi connectivity index (χ0n) is 26.2. The number of rotatable bonds is 6. The molecular formula is C37H36F2N6O4. The number of aromatic nitrogens is 2. The van der Waals surface area contributed by atoms with Crippen molar-refractivity contribution in [2.45, 2.75) is 58.0 Å². The number of imide groups is 2. The van der Waals surface area contributed by atoms with Crippen LogP contribution in [0.3, 0.4) is 0 Å². The van der Waals surface area contributed by atoms with E-state index in [9.17, 15) is 28.0 Å². The molecule has 4 atom stereocenters. The Morgan fingerprint density at radius 3 is 1.35 bits per heavy atom. The Labute approximate surface area is 282 Å². The van der Waals surface area contributed by atoms with Crippen molar-refractivity contribution in [2.75, 3.05) is 13.1 Å². The van der Waals surface area contributed by atoms with Crippen LogP contribution in [0.2, 0.25) is 0 Å². The summed E-state index contributed by atoms with van der Waals surface area (Å²) >= 11 is 0. The zero-order valence-corrected chi connectivity index (χ0v) is 26.2. The smallest absolute Gasteiger partial charge is 0.324 e. The second-order valence-corrected chi connectivity index (χ2v) is 12.5. The molecular weight excluding hydrogens is 630 g/mol. The Morgan fingerprint density at radius 1 is 0.633 bits per heavy atom. The minimum absolute atomic E-state index is 0. The molecule has 4 heterocycles. The van der Waals surface area contributed by atoms with E-state index in [-0.39, 0.29) is 79.9 Å². The maximum atomic E-state index is 13.2. The standard InChI is InChI=1S/2C18H16FN3O2.CH4/c2*1-10-6-12(19)3-4-13(10)15-5-2-11(8-20-15)14-7-16(14)22-17(23)9-21-18(22)24;/h2*2-6,8,14,16H,7,9H2,1H3,(H,21,24);1H4/t2*14-,16+;/m10./s1. The molecule has 8 rings (SSSR count). The molecule has 6 amide bonds. The van der Waals surface area contributed by atoms with Gasteiger partial charge in [-0.05, 0) is 97.5 Å². The number of pyridine rings is 2. The van der Waals surface area contributed by atoms with E-state index in [1.54, 1.807) is 24.5 Å². The highest BCUT2D eigenvalue weighted by molar-refractivity contribution is 6.03. The molecule has 2 aliphatic carbocycles. The van der Waals surface area contributed by atoms with Gasteiger partial charge in [0.2, 0.25) is 11.8 Å². The largest absolute Gasteiger partial charge is 0.329 e. The zero-order chi connectivity index (χ0) is 33.7. The van der Waals surface area contributed by atoms with Crippen LogP contribution in [0.5, 0.6) is 0 Å². The summed E-state index contributed by atoms with van der Waals surface area (Å²) < 4.78 is 26.4. The molecule has 4 fully saturated rings. The van der Waals surface area contributed by atoms with Gasteiger partial charge in [0.25, 0.3) is 0 Å². The molecule has 0 radical (unpaired) electrons. The van der Waals surface area contributed by atoms with Crippen molar-refractivity contribution in [3.8, 4) is 22.5 Å². The second-order valence-electron chi connectivity index (χ2n) is 12.5. The number of carbonyl (C=O) groups is 4. The van der Waals surface area contributed by atoms with E-state index in [2.05, 4.69) is 20.6 Å². The number of amides is 6. The highest BCUT2D eigenvalue weighted by atomic mass is 19.1. The molecule has 0 spiro atoms. The van der Waals surface area contributed by atoms with Gasteiger partial charge in [-0.25, -0.2) is 18.4 Å². The minimum Gasteiger partial charge on any atom is -0.329 e. The Balaban J connectivity index is 0.000000167. The molecule has 2 N–H and O–H groups in total. The van der Waals surface area contributed by atoms with Gasteiger partial charge in [0.1, 0.15) is 11.6 Å². The van der Waals surface area contributed by atoms with Gasteiger partial charge in [-0.3, -0.25) is 29.4 Å². The first-order valence-electron chi connectivity index (χ1n) is 15.7. The van der Waals surface area contributed by atoms with E-state index in [1.807, 2.05) is 38.1 Å². The van der Waals surface area contributed by atoms with Crippen LogP contribution in [0.15, 0.2) is 73.1 Å². The number of urea groups is 2. The number of aryl methyl sites for hydroxylation is 2. The molecule has 252 valence electrons. The normalized spacial score (nSPS) is 22.2. The van der Waals surface area contributed by atoms with Gasteiger partial charge in [0.15, 0.2) is 0 Å². The molecule has 10 nitrogen and oxygen atoms in total. The predicted molar refractivity (Wildman–Crippen MR) is 178 cm³/mol. The summed E-state index contributed by atoms with van der Waals surface area (Å²) in [5.41, 5.74) is 7.03. The molecule has 2 aromatic carbocycles. The van der Waals surface area contributed by atoms with Crippen molar-refractivity contribution in [2.24, 2.45) is 0 Å². The van der Waals surface area contributed by atoms with Crippen molar-refractivity contribution in [3.05, 3.63) is 107 Å². The monoisotopic (exact) mass is 666 g/mol. The molecule has 2 saturated carbocycles. The van der Waals surface area contributed by atoms with Crippen molar-refractivity contribution in [3.63, 3.8) is 0 Å². The number of benzene rings is 2. The van der Waals surface area contributed by atoms with Crippen LogP contribution in [-0.4, -0.2) is 68.8 Å². The molecule has 2 aromatic heterocycles. The third-order valence-corrected chi connectivity index (χ3v) is 9.29. The SMILES string of the molecule is C.Cc1cc(F)ccc1-c1ccc([C@@H]2C[C@H]2N2C(=O)CNC2=O)cn1.Cc1cc(F)ccc1-c1ccc([C@H]2C[C@@H]2N2C(=O)CNC2=O)cn1. The lowest BCUT2D eigenvalue weighted by atomic mass is 10.0. The van der Waals surface area contributed by atoms with Crippen LogP contribution >= 0.6 is 0 Å². The van der Waals surface area contributed by atoms with Gasteiger partial charge in [-0.15, -0.1) is 0 Å². The van der Waals surface area contributed by atoms with Crippen LogP contribution in [-0.2, 0) is 9.59 Å². The summed E-state index contributed by atoms with van der Waals surface area (Å²) in [6.45, 7) is 3.87. The fourth-order valence-electron chi connectivity index (χ4n) is 6.59. The summed E-state index contributed by atoms with van der Waals surface area (Å²) in [5.74, 6) is -0.565. The van der Waals surface area contributed by atoms with Crippen LogP contribution in [0.4, 0.5) is 18.4 Å². The van der Waals surface area contributed by atoms with Gasteiger partial charge in [0, 0.05) is 47.4 Å². The van der Waals surface area contributed by atoms with E-state index in [4.69, 9.17) is 0 Å². The fourth-order valence-corrected chi connectivity index (χ4v) is 6.59. The van der Waals surface area contributed by atoms with Crippen molar-refractivity contribution in [1.82, 2.24) is 30.4 Å². The van der Waals surface area contributed by atoms with Crippen molar-refractivity contribution >= 4 is 23.9 Å².